The third-order valence-corrected chi connectivity index (χ3v) is 3.22. The molecule has 2 aromatic rings. The van der Waals surface area contributed by atoms with Gasteiger partial charge in [0, 0.05) is 18.8 Å². The quantitative estimate of drug-likeness (QED) is 0.838. The molecule has 0 aliphatic rings. The molecule has 0 unspecified atom stereocenters. The van der Waals surface area contributed by atoms with Crippen molar-refractivity contribution in [1.82, 2.24) is 4.90 Å². The van der Waals surface area contributed by atoms with Gasteiger partial charge in [0.25, 0.3) is 0 Å². The molecule has 0 radical (unpaired) electrons. The summed E-state index contributed by atoms with van der Waals surface area (Å²) in [5.41, 5.74) is 3.76. The standard InChI is InChI=1S/C18H24N2O/c1-4-21-17-11-9-15(10-12-17)13-19-18-8-6-5-7-16(18)14-20(2)3/h5-12,19H,4,13-14H2,1-3H3. The van der Waals surface area contributed by atoms with E-state index in [4.69, 9.17) is 4.74 Å². The van der Waals surface area contributed by atoms with Crippen molar-refractivity contribution in [3.8, 4) is 5.75 Å². The first-order valence-corrected chi connectivity index (χ1v) is 7.37. The Hall–Kier alpha value is -2.00. The summed E-state index contributed by atoms with van der Waals surface area (Å²) in [6.45, 7) is 4.45. The Morgan fingerprint density at radius 1 is 1.00 bits per heavy atom. The highest BCUT2D eigenvalue weighted by Crippen LogP contribution is 2.18. The van der Waals surface area contributed by atoms with Gasteiger partial charge in [-0.2, -0.15) is 0 Å². The van der Waals surface area contributed by atoms with Gasteiger partial charge in [0.1, 0.15) is 5.75 Å². The van der Waals surface area contributed by atoms with Crippen LogP contribution in [0.1, 0.15) is 18.1 Å². The van der Waals surface area contributed by atoms with E-state index < -0.39 is 0 Å². The molecular weight excluding hydrogens is 260 g/mol. The fourth-order valence-electron chi connectivity index (χ4n) is 2.24. The lowest BCUT2D eigenvalue weighted by Crippen LogP contribution is -2.12. The molecule has 21 heavy (non-hydrogen) atoms. The van der Waals surface area contributed by atoms with Crippen molar-refractivity contribution in [2.45, 2.75) is 20.0 Å². The van der Waals surface area contributed by atoms with Crippen molar-refractivity contribution in [2.24, 2.45) is 0 Å². The minimum absolute atomic E-state index is 0.704. The van der Waals surface area contributed by atoms with Crippen LogP contribution in [0, 0.1) is 0 Å². The zero-order chi connectivity index (χ0) is 15.1. The minimum atomic E-state index is 0.704. The van der Waals surface area contributed by atoms with Gasteiger partial charge >= 0.3 is 0 Å². The molecule has 112 valence electrons. The fraction of sp³-hybridized carbons (Fsp3) is 0.333. The highest BCUT2D eigenvalue weighted by molar-refractivity contribution is 5.51. The maximum atomic E-state index is 5.46. The molecule has 0 amide bonds. The van der Waals surface area contributed by atoms with Gasteiger partial charge in [-0.15, -0.1) is 0 Å². The van der Waals surface area contributed by atoms with Crippen molar-refractivity contribution >= 4 is 5.69 Å². The van der Waals surface area contributed by atoms with Crippen LogP contribution in [0.4, 0.5) is 5.69 Å². The molecular formula is C18H24N2O. The van der Waals surface area contributed by atoms with Crippen molar-refractivity contribution in [1.29, 1.82) is 0 Å². The van der Waals surface area contributed by atoms with Crippen molar-refractivity contribution < 1.29 is 4.74 Å². The normalized spacial score (nSPS) is 10.7. The molecule has 3 nitrogen and oxygen atoms in total. The SMILES string of the molecule is CCOc1ccc(CNc2ccccc2CN(C)C)cc1. The second-order valence-corrected chi connectivity index (χ2v) is 5.33. The van der Waals surface area contributed by atoms with Crippen LogP contribution in [0.25, 0.3) is 0 Å². The van der Waals surface area contributed by atoms with E-state index >= 15 is 0 Å². The lowest BCUT2D eigenvalue weighted by molar-refractivity contribution is 0.340. The first kappa shape index (κ1) is 15.4. The Labute approximate surface area is 127 Å². The first-order chi connectivity index (χ1) is 10.2. The molecule has 0 saturated heterocycles. The van der Waals surface area contributed by atoms with Gasteiger partial charge in [-0.25, -0.2) is 0 Å². The lowest BCUT2D eigenvalue weighted by Gasteiger charge is -2.15. The average molecular weight is 284 g/mol. The summed E-state index contributed by atoms with van der Waals surface area (Å²) >= 11 is 0. The fourth-order valence-corrected chi connectivity index (χ4v) is 2.24. The molecule has 2 rings (SSSR count). The predicted octanol–water partition coefficient (Wildman–Crippen LogP) is 3.76. The van der Waals surface area contributed by atoms with Crippen LogP contribution in [-0.2, 0) is 13.1 Å². The largest absolute Gasteiger partial charge is 0.494 e. The van der Waals surface area contributed by atoms with E-state index in [1.54, 1.807) is 0 Å². The zero-order valence-electron chi connectivity index (χ0n) is 13.1. The van der Waals surface area contributed by atoms with Crippen LogP contribution >= 0.6 is 0 Å². The molecule has 0 bridgehead atoms. The van der Waals surface area contributed by atoms with Crippen molar-refractivity contribution in [3.05, 3.63) is 59.7 Å². The maximum Gasteiger partial charge on any atom is 0.119 e. The summed E-state index contributed by atoms with van der Waals surface area (Å²) in [5.74, 6) is 0.925. The third-order valence-electron chi connectivity index (χ3n) is 3.22. The number of ether oxygens (including phenoxy) is 1. The highest BCUT2D eigenvalue weighted by Gasteiger charge is 2.03. The van der Waals surface area contributed by atoms with E-state index in [9.17, 15) is 0 Å². The predicted molar refractivity (Wildman–Crippen MR) is 88.8 cm³/mol. The number of hydrogen-bond acceptors (Lipinski definition) is 3. The van der Waals surface area contributed by atoms with Crippen molar-refractivity contribution in [3.63, 3.8) is 0 Å². The van der Waals surface area contributed by atoms with Gasteiger partial charge in [-0.3, -0.25) is 0 Å². The second-order valence-electron chi connectivity index (χ2n) is 5.33. The highest BCUT2D eigenvalue weighted by atomic mass is 16.5. The Kier molecular flexibility index (Phi) is 5.64. The molecule has 1 N–H and O–H groups in total. The number of hydrogen-bond donors (Lipinski definition) is 1. The smallest absolute Gasteiger partial charge is 0.119 e. The van der Waals surface area contributed by atoms with Crippen LogP contribution in [0.15, 0.2) is 48.5 Å². The average Bonchev–Trinajstić information content (AvgIpc) is 2.48. The molecule has 0 aliphatic carbocycles. The zero-order valence-corrected chi connectivity index (χ0v) is 13.1. The Morgan fingerprint density at radius 3 is 2.38 bits per heavy atom. The molecule has 0 aromatic heterocycles. The lowest BCUT2D eigenvalue weighted by atomic mass is 10.1. The van der Waals surface area contributed by atoms with Gasteiger partial charge in [-0.1, -0.05) is 30.3 Å². The van der Waals surface area contributed by atoms with Gasteiger partial charge in [0.05, 0.1) is 6.61 Å². The van der Waals surface area contributed by atoms with Crippen LogP contribution in [-0.4, -0.2) is 25.6 Å². The number of anilines is 1. The van der Waals surface area contributed by atoms with Gasteiger partial charge < -0.3 is 15.0 Å². The monoisotopic (exact) mass is 284 g/mol. The maximum absolute atomic E-state index is 5.46. The molecule has 2 aromatic carbocycles. The van der Waals surface area contributed by atoms with E-state index in [1.165, 1.54) is 16.8 Å². The van der Waals surface area contributed by atoms with Gasteiger partial charge in [0.2, 0.25) is 0 Å². The van der Waals surface area contributed by atoms with Crippen molar-refractivity contribution in [2.75, 3.05) is 26.0 Å². The Morgan fingerprint density at radius 2 is 1.71 bits per heavy atom. The van der Waals surface area contributed by atoms with Crippen LogP contribution in [0.3, 0.4) is 0 Å². The Bertz CT molecular complexity index is 549. The second kappa shape index (κ2) is 7.70. The van der Waals surface area contributed by atoms with Gasteiger partial charge in [0.15, 0.2) is 0 Å². The number of nitrogens with zero attached hydrogens (tertiary/aromatic N) is 1. The van der Waals surface area contributed by atoms with Crippen LogP contribution in [0.2, 0.25) is 0 Å². The number of para-hydroxylation sites is 1. The van der Waals surface area contributed by atoms with Gasteiger partial charge in [-0.05, 0) is 50.3 Å². The van der Waals surface area contributed by atoms with E-state index in [0.717, 1.165) is 18.8 Å². The third kappa shape index (κ3) is 4.80. The molecule has 0 spiro atoms. The van der Waals surface area contributed by atoms with E-state index in [-0.39, 0.29) is 0 Å². The van der Waals surface area contributed by atoms with E-state index in [2.05, 4.69) is 60.7 Å². The molecule has 0 heterocycles. The molecule has 0 saturated carbocycles. The summed E-state index contributed by atoms with van der Waals surface area (Å²) in [6, 6.07) is 16.7. The van der Waals surface area contributed by atoms with E-state index in [1.807, 2.05) is 19.1 Å². The number of rotatable bonds is 7. The molecule has 3 heteroatoms. The summed E-state index contributed by atoms with van der Waals surface area (Å²) in [6.07, 6.45) is 0. The number of benzene rings is 2. The summed E-state index contributed by atoms with van der Waals surface area (Å²) in [7, 11) is 4.17. The molecule has 0 fully saturated rings. The number of nitrogens with one attached hydrogen (secondary N) is 1. The molecule has 0 atom stereocenters. The van der Waals surface area contributed by atoms with Crippen LogP contribution < -0.4 is 10.1 Å². The van der Waals surface area contributed by atoms with Crippen LogP contribution in [0.5, 0.6) is 5.75 Å². The summed E-state index contributed by atoms with van der Waals surface area (Å²) in [5, 5.41) is 3.52. The minimum Gasteiger partial charge on any atom is -0.494 e. The van der Waals surface area contributed by atoms with E-state index in [0.29, 0.717) is 6.61 Å². The first-order valence-electron chi connectivity index (χ1n) is 7.37. The summed E-state index contributed by atoms with van der Waals surface area (Å²) in [4.78, 5) is 2.18. The summed E-state index contributed by atoms with van der Waals surface area (Å²) < 4.78 is 5.46. The Balaban J connectivity index is 1.99. The molecule has 0 aliphatic heterocycles. The topological polar surface area (TPSA) is 24.5 Å².